The number of rotatable bonds is 4. The zero-order chi connectivity index (χ0) is 52.9. The van der Waals surface area contributed by atoms with E-state index in [1.54, 1.807) is 0 Å². The maximum Gasteiger partial charge on any atom is 0.252 e. The van der Waals surface area contributed by atoms with Gasteiger partial charge in [0.25, 0.3) is 6.71 Å². The lowest BCUT2D eigenvalue weighted by Crippen LogP contribution is -2.62. The second-order valence-corrected chi connectivity index (χ2v) is 28.5. The topological polar surface area (TPSA) is 9.72 Å². The van der Waals surface area contributed by atoms with Crippen LogP contribution in [0.15, 0.2) is 152 Å². The van der Waals surface area contributed by atoms with Gasteiger partial charge in [-0.25, -0.2) is 0 Å². The van der Waals surface area contributed by atoms with Gasteiger partial charge in [0.05, 0.1) is 5.54 Å². The van der Waals surface area contributed by atoms with Gasteiger partial charge in [0.2, 0.25) is 0 Å². The Kier molecular flexibility index (Phi) is 9.78. The summed E-state index contributed by atoms with van der Waals surface area (Å²) in [7, 11) is 0. The molecule has 3 aliphatic heterocycles. The van der Waals surface area contributed by atoms with Crippen LogP contribution in [-0.2, 0) is 27.1 Å². The zero-order valence-corrected chi connectivity index (χ0v) is 48.0. The Hall–Kier alpha value is -6.56. The summed E-state index contributed by atoms with van der Waals surface area (Å²) in [5, 5.41) is 2.67. The summed E-state index contributed by atoms with van der Waals surface area (Å²) in [6, 6.07) is 60.3. The molecule has 0 amide bonds. The van der Waals surface area contributed by atoms with E-state index in [0.29, 0.717) is 0 Å². The minimum atomic E-state index is -0.131. The van der Waals surface area contributed by atoms with Crippen molar-refractivity contribution in [2.45, 2.75) is 154 Å². The van der Waals surface area contributed by atoms with Crippen molar-refractivity contribution in [3.63, 3.8) is 0 Å². The molecule has 0 N–H and O–H groups in total. The summed E-state index contributed by atoms with van der Waals surface area (Å²) in [4.78, 5) is 8.33. The summed E-state index contributed by atoms with van der Waals surface area (Å²) in [6.07, 6.45) is 8.27. The summed E-state index contributed by atoms with van der Waals surface area (Å²) in [6.45, 7) is 27.5. The van der Waals surface area contributed by atoms with Crippen LogP contribution in [0.1, 0.15) is 148 Å². The van der Waals surface area contributed by atoms with Crippen molar-refractivity contribution in [3.8, 4) is 11.1 Å². The number of aryl methyl sites for hydroxylation is 1. The summed E-state index contributed by atoms with van der Waals surface area (Å²) >= 11 is 1.93. The first kappa shape index (κ1) is 47.6. The quantitative estimate of drug-likeness (QED) is 0.163. The van der Waals surface area contributed by atoms with Crippen molar-refractivity contribution in [1.82, 2.24) is 0 Å². The lowest BCUT2D eigenvalue weighted by Gasteiger charge is -2.51. The zero-order valence-electron chi connectivity index (χ0n) is 47.2. The van der Waals surface area contributed by atoms with E-state index in [2.05, 4.69) is 243 Å². The van der Waals surface area contributed by atoms with Crippen molar-refractivity contribution in [1.29, 1.82) is 0 Å². The van der Waals surface area contributed by atoms with Gasteiger partial charge >= 0.3 is 0 Å². The summed E-state index contributed by atoms with van der Waals surface area (Å²) in [5.74, 6) is 0. The number of hydrogen-bond acceptors (Lipinski definition) is 4. The van der Waals surface area contributed by atoms with E-state index >= 15 is 0 Å². The third kappa shape index (κ3) is 6.50. The molecule has 77 heavy (non-hydrogen) atoms. The highest BCUT2D eigenvalue weighted by Gasteiger charge is 2.58. The molecule has 5 heteroatoms. The molecule has 3 aliphatic carbocycles. The number of anilines is 8. The molecule has 2 atom stereocenters. The Bertz CT molecular complexity index is 4010. The van der Waals surface area contributed by atoms with Gasteiger partial charge in [0, 0.05) is 71.1 Å². The second-order valence-electron chi connectivity index (χ2n) is 27.4. The lowest BCUT2D eigenvalue weighted by molar-refractivity contribution is 0.195. The average molecular weight is 1020 g/mol. The molecule has 2 unspecified atom stereocenters. The fourth-order valence-corrected chi connectivity index (χ4v) is 18.0. The fraction of sp³-hybridized carbons (Fsp3) is 0.333. The largest absolute Gasteiger partial charge is 0.334 e. The molecule has 0 saturated heterocycles. The fourth-order valence-electron chi connectivity index (χ4n) is 16.8. The summed E-state index contributed by atoms with van der Waals surface area (Å²) < 4.78 is 2.67. The normalized spacial score (nSPS) is 22.5. The number of hydrogen-bond donors (Lipinski definition) is 0. The number of benzene rings is 8. The van der Waals surface area contributed by atoms with Crippen molar-refractivity contribution in [3.05, 3.63) is 185 Å². The molecule has 1 saturated carbocycles. The highest BCUT2D eigenvalue weighted by Crippen LogP contribution is 2.62. The minimum absolute atomic E-state index is 0.000702. The van der Waals surface area contributed by atoms with Gasteiger partial charge in [0.1, 0.15) is 0 Å². The van der Waals surface area contributed by atoms with Crippen molar-refractivity contribution >= 4 is 100 Å². The number of para-hydroxylation sites is 1. The van der Waals surface area contributed by atoms with Crippen LogP contribution in [0.5, 0.6) is 0 Å². The molecule has 3 nitrogen and oxygen atoms in total. The van der Waals surface area contributed by atoms with E-state index in [9.17, 15) is 0 Å². The predicted molar refractivity (Wildman–Crippen MR) is 332 cm³/mol. The second kappa shape index (κ2) is 15.8. The number of thiophene rings is 1. The maximum atomic E-state index is 2.84. The molecule has 6 aliphatic rings. The highest BCUT2D eigenvalue weighted by atomic mass is 32.1. The monoisotopic (exact) mass is 1020 g/mol. The van der Waals surface area contributed by atoms with E-state index in [4.69, 9.17) is 0 Å². The molecule has 15 rings (SSSR count). The Balaban J connectivity index is 1.10. The van der Waals surface area contributed by atoms with Gasteiger partial charge in [-0.15, -0.1) is 11.3 Å². The number of fused-ring (bicyclic) bond motifs is 12. The third-order valence-corrected chi connectivity index (χ3v) is 22.1. The van der Waals surface area contributed by atoms with Crippen LogP contribution in [0.2, 0.25) is 0 Å². The summed E-state index contributed by atoms with van der Waals surface area (Å²) in [5.41, 5.74) is 25.8. The van der Waals surface area contributed by atoms with E-state index in [0.717, 1.165) is 19.3 Å². The van der Waals surface area contributed by atoms with E-state index in [1.165, 1.54) is 152 Å². The van der Waals surface area contributed by atoms with Crippen LogP contribution in [-0.4, -0.2) is 12.3 Å². The van der Waals surface area contributed by atoms with Gasteiger partial charge < -0.3 is 14.7 Å². The molecule has 384 valence electrons. The first-order valence-electron chi connectivity index (χ1n) is 28.9. The van der Waals surface area contributed by atoms with Gasteiger partial charge in [0.15, 0.2) is 0 Å². The minimum Gasteiger partial charge on any atom is -0.334 e. The molecule has 0 spiro atoms. The van der Waals surface area contributed by atoms with Crippen molar-refractivity contribution in [2.75, 3.05) is 14.7 Å². The molecule has 9 aromatic rings. The Morgan fingerprint density at radius 2 is 1.04 bits per heavy atom. The van der Waals surface area contributed by atoms with E-state index in [-0.39, 0.29) is 39.3 Å². The van der Waals surface area contributed by atoms with Crippen molar-refractivity contribution in [2.24, 2.45) is 0 Å². The molecular weight excluding hydrogens is 950 g/mol. The van der Waals surface area contributed by atoms with E-state index < -0.39 is 0 Å². The molecule has 4 heterocycles. The Morgan fingerprint density at radius 3 is 1.82 bits per heavy atom. The Morgan fingerprint density at radius 1 is 0.416 bits per heavy atom. The van der Waals surface area contributed by atoms with E-state index in [1.807, 2.05) is 11.3 Å². The third-order valence-electron chi connectivity index (χ3n) is 20.9. The predicted octanol–water partition coefficient (Wildman–Crippen LogP) is 18.2. The van der Waals surface area contributed by atoms with Gasteiger partial charge in [-0.1, -0.05) is 172 Å². The maximum absolute atomic E-state index is 2.84. The Labute approximate surface area is 462 Å². The van der Waals surface area contributed by atoms with Crippen LogP contribution in [0.4, 0.5) is 45.5 Å². The lowest BCUT2D eigenvalue weighted by atomic mass is 9.33. The molecule has 1 fully saturated rings. The standard InChI is InChI=1S/C72H72BN3S/c1-44-35-52-54(68(4,5)34-33-67(52,2)3)41-59(44)75-60-36-46(45-21-13-12-14-22-45)27-30-56(60)73-57-40-53-55(70(8,9)43-69(53,6)7)42-61(57)74(47-28-29-50-49-23-15-18-26-64(49)77-65(50)39-47)62-37-48(38-63(75)66(62)73)76-58-25-17-16-24-51(58)71(10)31-19-20-32-72(71,76)11/h12-18,21-30,35-42H,19-20,31-34,43H2,1-11H3. The van der Waals surface area contributed by atoms with Gasteiger partial charge in [-0.3, -0.25) is 0 Å². The highest BCUT2D eigenvalue weighted by molar-refractivity contribution is 7.25. The van der Waals surface area contributed by atoms with Gasteiger partial charge in [-0.2, -0.15) is 0 Å². The van der Waals surface area contributed by atoms with Crippen LogP contribution < -0.4 is 31.1 Å². The van der Waals surface area contributed by atoms with Crippen LogP contribution in [0, 0.1) is 6.92 Å². The molecule has 0 radical (unpaired) electrons. The number of nitrogens with zero attached hydrogens (tertiary/aromatic N) is 3. The van der Waals surface area contributed by atoms with Crippen LogP contribution in [0.25, 0.3) is 31.3 Å². The first-order valence-corrected chi connectivity index (χ1v) is 29.7. The average Bonchev–Trinajstić information content (AvgIpc) is 4.20. The smallest absolute Gasteiger partial charge is 0.252 e. The first-order chi connectivity index (χ1) is 36.8. The SMILES string of the molecule is Cc1cc2c(cc1N1c3cc(-c4ccccc4)ccc3B3c4cc5c(cc4N(c4ccc6c(c4)sc4ccccc46)c4cc(N6c7ccccc7C7(C)CCCCC67C)cc1c43)C(C)(C)CC5(C)C)C(C)(C)CCC2(C)C. The molecule has 1 aromatic heterocycles. The van der Waals surface area contributed by atoms with Crippen LogP contribution in [0.3, 0.4) is 0 Å². The van der Waals surface area contributed by atoms with Gasteiger partial charge in [-0.05, 0) is 183 Å². The van der Waals surface area contributed by atoms with Crippen LogP contribution >= 0.6 is 11.3 Å². The van der Waals surface area contributed by atoms with Crippen molar-refractivity contribution < 1.29 is 0 Å². The molecule has 0 bridgehead atoms. The molecule has 8 aromatic carbocycles. The molecular formula is C72H72BN3S.